The number of nitrogens with two attached hydrogens (primary N) is 1. The van der Waals surface area contributed by atoms with E-state index in [-0.39, 0.29) is 5.91 Å². The SMILES string of the molecule is NC(=O)C(Cc1ccccc1)NC(=O)c1cccc2ccccc12. The maximum absolute atomic E-state index is 12.6. The van der Waals surface area contributed by atoms with E-state index in [0.717, 1.165) is 16.3 Å². The zero-order valence-electron chi connectivity index (χ0n) is 13.1. The Bertz CT molecular complexity index is 870. The van der Waals surface area contributed by atoms with Crippen LogP contribution in [0.3, 0.4) is 0 Å². The highest BCUT2D eigenvalue weighted by Gasteiger charge is 2.20. The lowest BCUT2D eigenvalue weighted by atomic mass is 10.0. The van der Waals surface area contributed by atoms with E-state index in [9.17, 15) is 9.59 Å². The van der Waals surface area contributed by atoms with E-state index >= 15 is 0 Å². The van der Waals surface area contributed by atoms with E-state index in [0.29, 0.717) is 12.0 Å². The molecule has 1 atom stereocenters. The molecule has 0 saturated heterocycles. The van der Waals surface area contributed by atoms with Crippen LogP contribution in [-0.4, -0.2) is 17.9 Å². The summed E-state index contributed by atoms with van der Waals surface area (Å²) in [5.74, 6) is -0.848. The third-order valence-corrected chi connectivity index (χ3v) is 3.97. The molecule has 0 aliphatic rings. The Labute approximate surface area is 140 Å². The molecular weight excluding hydrogens is 300 g/mol. The molecule has 3 rings (SSSR count). The van der Waals surface area contributed by atoms with E-state index in [4.69, 9.17) is 5.73 Å². The minimum absolute atomic E-state index is 0.300. The van der Waals surface area contributed by atoms with E-state index in [1.807, 2.05) is 66.7 Å². The molecule has 3 N–H and O–H groups in total. The molecule has 0 bridgehead atoms. The molecule has 0 heterocycles. The Morgan fingerprint density at radius 1 is 0.875 bits per heavy atom. The van der Waals surface area contributed by atoms with Gasteiger partial charge in [0.25, 0.3) is 5.91 Å². The number of hydrogen-bond donors (Lipinski definition) is 2. The van der Waals surface area contributed by atoms with Crippen LogP contribution in [0.4, 0.5) is 0 Å². The van der Waals surface area contributed by atoms with Gasteiger partial charge in [-0.3, -0.25) is 9.59 Å². The van der Waals surface area contributed by atoms with Crippen molar-refractivity contribution in [3.05, 3.63) is 83.9 Å². The minimum Gasteiger partial charge on any atom is -0.368 e. The highest BCUT2D eigenvalue weighted by Crippen LogP contribution is 2.18. The van der Waals surface area contributed by atoms with Crippen molar-refractivity contribution in [3.8, 4) is 0 Å². The summed E-state index contributed by atoms with van der Waals surface area (Å²) in [6, 6.07) is 21.9. The lowest BCUT2D eigenvalue weighted by Gasteiger charge is -2.16. The fraction of sp³-hybridized carbons (Fsp3) is 0.100. The molecule has 1 unspecified atom stereocenters. The molecule has 4 nitrogen and oxygen atoms in total. The second kappa shape index (κ2) is 6.96. The number of rotatable bonds is 5. The third kappa shape index (κ3) is 3.43. The summed E-state index contributed by atoms with van der Waals surface area (Å²) in [6.45, 7) is 0. The fourth-order valence-corrected chi connectivity index (χ4v) is 2.73. The van der Waals surface area contributed by atoms with Gasteiger partial charge in [0.05, 0.1) is 0 Å². The van der Waals surface area contributed by atoms with Crippen LogP contribution in [-0.2, 0) is 11.2 Å². The zero-order chi connectivity index (χ0) is 16.9. The van der Waals surface area contributed by atoms with Crippen molar-refractivity contribution in [1.82, 2.24) is 5.32 Å². The van der Waals surface area contributed by atoms with Gasteiger partial charge in [-0.05, 0) is 22.4 Å². The Balaban J connectivity index is 1.84. The summed E-state index contributed by atoms with van der Waals surface area (Å²) in [5.41, 5.74) is 6.95. The van der Waals surface area contributed by atoms with Gasteiger partial charge >= 0.3 is 0 Å². The van der Waals surface area contributed by atoms with Crippen LogP contribution >= 0.6 is 0 Å². The molecular formula is C20H18N2O2. The van der Waals surface area contributed by atoms with Crippen molar-refractivity contribution in [3.63, 3.8) is 0 Å². The number of benzene rings is 3. The van der Waals surface area contributed by atoms with Gasteiger partial charge in [-0.25, -0.2) is 0 Å². The number of nitrogens with one attached hydrogen (secondary N) is 1. The predicted molar refractivity (Wildman–Crippen MR) is 94.5 cm³/mol. The minimum atomic E-state index is -0.751. The Hall–Kier alpha value is -3.14. The molecule has 120 valence electrons. The summed E-state index contributed by atoms with van der Waals surface area (Å²) in [4.78, 5) is 24.4. The van der Waals surface area contributed by atoms with Crippen molar-refractivity contribution in [2.45, 2.75) is 12.5 Å². The predicted octanol–water partition coefficient (Wildman–Crippen LogP) is 2.67. The number of carbonyl (C=O) groups is 2. The molecule has 0 aliphatic heterocycles. The average Bonchev–Trinajstić information content (AvgIpc) is 2.61. The van der Waals surface area contributed by atoms with E-state index in [1.165, 1.54) is 0 Å². The quantitative estimate of drug-likeness (QED) is 0.759. The second-order valence-corrected chi connectivity index (χ2v) is 5.64. The largest absolute Gasteiger partial charge is 0.368 e. The number of carbonyl (C=O) groups excluding carboxylic acids is 2. The van der Waals surface area contributed by atoms with Gasteiger partial charge in [-0.15, -0.1) is 0 Å². The number of fused-ring (bicyclic) bond motifs is 1. The van der Waals surface area contributed by atoms with Crippen molar-refractivity contribution in [2.75, 3.05) is 0 Å². The Kier molecular flexibility index (Phi) is 4.57. The summed E-state index contributed by atoms with van der Waals surface area (Å²) in [5, 5.41) is 4.58. The lowest BCUT2D eigenvalue weighted by molar-refractivity contribution is -0.119. The topological polar surface area (TPSA) is 72.2 Å². The Morgan fingerprint density at radius 2 is 1.54 bits per heavy atom. The molecule has 24 heavy (non-hydrogen) atoms. The first-order chi connectivity index (χ1) is 11.6. The summed E-state index contributed by atoms with van der Waals surface area (Å²) in [6.07, 6.45) is 0.368. The highest BCUT2D eigenvalue weighted by molar-refractivity contribution is 6.08. The summed E-state index contributed by atoms with van der Waals surface area (Å²) in [7, 11) is 0. The van der Waals surface area contributed by atoms with Gasteiger partial charge < -0.3 is 11.1 Å². The number of hydrogen-bond acceptors (Lipinski definition) is 2. The molecule has 0 aliphatic carbocycles. The van der Waals surface area contributed by atoms with Crippen LogP contribution in [0.15, 0.2) is 72.8 Å². The van der Waals surface area contributed by atoms with Gasteiger partial charge in [0.15, 0.2) is 0 Å². The van der Waals surface area contributed by atoms with Crippen LogP contribution in [0.25, 0.3) is 10.8 Å². The normalized spacial score (nSPS) is 11.8. The monoisotopic (exact) mass is 318 g/mol. The van der Waals surface area contributed by atoms with Crippen molar-refractivity contribution < 1.29 is 9.59 Å². The molecule has 3 aromatic carbocycles. The second-order valence-electron chi connectivity index (χ2n) is 5.64. The van der Waals surface area contributed by atoms with Gasteiger partial charge in [-0.1, -0.05) is 66.7 Å². The highest BCUT2D eigenvalue weighted by atomic mass is 16.2. The molecule has 4 heteroatoms. The number of amides is 2. The molecule has 0 saturated carbocycles. The van der Waals surface area contributed by atoms with Gasteiger partial charge in [0.1, 0.15) is 6.04 Å². The van der Waals surface area contributed by atoms with Crippen molar-refractivity contribution in [1.29, 1.82) is 0 Å². The van der Waals surface area contributed by atoms with E-state index < -0.39 is 11.9 Å². The van der Waals surface area contributed by atoms with Crippen molar-refractivity contribution in [2.24, 2.45) is 5.73 Å². The molecule has 0 aromatic heterocycles. The van der Waals surface area contributed by atoms with Crippen LogP contribution in [0.5, 0.6) is 0 Å². The molecule has 0 spiro atoms. The molecule has 0 radical (unpaired) electrons. The summed E-state index contributed by atoms with van der Waals surface area (Å²) < 4.78 is 0. The van der Waals surface area contributed by atoms with Gasteiger partial charge in [0, 0.05) is 12.0 Å². The fourth-order valence-electron chi connectivity index (χ4n) is 2.73. The van der Waals surface area contributed by atoms with Gasteiger partial charge in [0.2, 0.25) is 5.91 Å². The van der Waals surface area contributed by atoms with Crippen LogP contribution in [0.1, 0.15) is 15.9 Å². The molecule has 0 fully saturated rings. The maximum atomic E-state index is 12.6. The molecule has 2 amide bonds. The maximum Gasteiger partial charge on any atom is 0.252 e. The summed E-state index contributed by atoms with van der Waals surface area (Å²) >= 11 is 0. The van der Waals surface area contributed by atoms with E-state index in [1.54, 1.807) is 6.07 Å². The standard InChI is InChI=1S/C20H18N2O2/c21-19(23)18(13-14-7-2-1-3-8-14)22-20(24)17-12-6-10-15-9-4-5-11-16(15)17/h1-12,18H,13H2,(H2,21,23)(H,22,24). The third-order valence-electron chi connectivity index (χ3n) is 3.97. The lowest BCUT2D eigenvalue weighted by Crippen LogP contribution is -2.45. The zero-order valence-corrected chi connectivity index (χ0v) is 13.1. The van der Waals surface area contributed by atoms with Gasteiger partial charge in [-0.2, -0.15) is 0 Å². The smallest absolute Gasteiger partial charge is 0.252 e. The van der Waals surface area contributed by atoms with Crippen LogP contribution in [0, 0.1) is 0 Å². The van der Waals surface area contributed by atoms with Crippen molar-refractivity contribution >= 4 is 22.6 Å². The first-order valence-electron chi connectivity index (χ1n) is 7.77. The first-order valence-corrected chi connectivity index (χ1v) is 7.77. The number of primary amides is 1. The average molecular weight is 318 g/mol. The van der Waals surface area contributed by atoms with Crippen LogP contribution < -0.4 is 11.1 Å². The first kappa shape index (κ1) is 15.7. The molecule has 3 aromatic rings. The van der Waals surface area contributed by atoms with Crippen LogP contribution in [0.2, 0.25) is 0 Å². The Morgan fingerprint density at radius 3 is 2.29 bits per heavy atom. The van der Waals surface area contributed by atoms with E-state index in [2.05, 4.69) is 5.32 Å².